The second kappa shape index (κ2) is 7.06. The molecule has 5 atom stereocenters. The quantitative estimate of drug-likeness (QED) is 0.637. The Morgan fingerprint density at radius 2 is 1.89 bits per heavy atom. The maximum Gasteiger partial charge on any atom is 0.224 e. The first-order valence-corrected chi connectivity index (χ1v) is 10.6. The Morgan fingerprint density at radius 3 is 2.71 bits per heavy atom. The lowest BCUT2D eigenvalue weighted by molar-refractivity contribution is -0.129. The van der Waals surface area contributed by atoms with Crippen molar-refractivity contribution in [2.75, 3.05) is 5.32 Å². The van der Waals surface area contributed by atoms with Crippen LogP contribution in [0.4, 0.5) is 5.69 Å². The number of anilines is 1. The fraction of sp³-hybridized carbons (Fsp3) is 0.429. The van der Waals surface area contributed by atoms with Crippen LogP contribution in [0, 0.1) is 5.92 Å². The van der Waals surface area contributed by atoms with Gasteiger partial charge in [-0.1, -0.05) is 48.2 Å². The molecule has 5 rings (SSSR count). The van der Waals surface area contributed by atoms with Crippen LogP contribution in [-0.4, -0.2) is 50.8 Å². The largest absolute Gasteiger partial charge is 0.390 e. The molecule has 2 saturated carbocycles. The number of thioether (sulfide) groups is 1. The molecule has 1 aliphatic heterocycles. The van der Waals surface area contributed by atoms with Gasteiger partial charge in [-0.2, -0.15) is 0 Å². The van der Waals surface area contributed by atoms with Gasteiger partial charge in [0, 0.05) is 22.4 Å². The molecule has 2 fully saturated rings. The molecule has 0 aromatic heterocycles. The van der Waals surface area contributed by atoms with E-state index in [9.17, 15) is 15.0 Å². The Labute approximate surface area is 167 Å². The molecule has 0 spiro atoms. The number of benzene rings is 2. The van der Waals surface area contributed by atoms with Gasteiger partial charge in [-0.15, -0.1) is 0 Å². The number of carbonyl (C=O) groups excluding carboxylic acids is 1. The lowest BCUT2D eigenvalue weighted by atomic mass is 9.81. The lowest BCUT2D eigenvalue weighted by Crippen LogP contribution is -2.54. The standard InChI is InChI=1S/C21H23N3O3S/c25-16-10-14(20(27)22-12-8-9-12)19-17(18(16)26)24-21(28-19)23-15-7-3-5-11-4-1-2-6-13(11)15/h1-7,12,14,16-19,25-26H,8-10H2,(H,22,27)(H,23,24). The maximum absolute atomic E-state index is 12.7. The topological polar surface area (TPSA) is 94.0 Å². The highest BCUT2D eigenvalue weighted by Crippen LogP contribution is 2.42. The molecule has 6 nitrogen and oxygen atoms in total. The molecule has 7 heteroatoms. The van der Waals surface area contributed by atoms with Crippen molar-refractivity contribution in [1.82, 2.24) is 5.32 Å². The second-order valence-electron chi connectivity index (χ2n) is 7.84. The zero-order valence-electron chi connectivity index (χ0n) is 15.3. The van der Waals surface area contributed by atoms with Crippen LogP contribution in [0.15, 0.2) is 47.5 Å². The summed E-state index contributed by atoms with van der Waals surface area (Å²) >= 11 is 1.49. The molecule has 5 unspecified atom stereocenters. The van der Waals surface area contributed by atoms with Gasteiger partial charge in [0.15, 0.2) is 5.17 Å². The number of amidine groups is 1. The summed E-state index contributed by atoms with van der Waals surface area (Å²) in [4.78, 5) is 17.3. The fourth-order valence-electron chi connectivity index (χ4n) is 4.09. The highest BCUT2D eigenvalue weighted by molar-refractivity contribution is 8.15. The van der Waals surface area contributed by atoms with Crippen LogP contribution < -0.4 is 10.6 Å². The van der Waals surface area contributed by atoms with Gasteiger partial charge in [0.25, 0.3) is 0 Å². The Balaban J connectivity index is 1.39. The lowest BCUT2D eigenvalue weighted by Gasteiger charge is -2.37. The summed E-state index contributed by atoms with van der Waals surface area (Å²) in [6, 6.07) is 13.9. The number of amides is 1. The summed E-state index contributed by atoms with van der Waals surface area (Å²) in [5.41, 5.74) is 0.942. The third kappa shape index (κ3) is 3.27. The Morgan fingerprint density at radius 1 is 1.11 bits per heavy atom. The Bertz CT molecular complexity index is 940. The van der Waals surface area contributed by atoms with Crippen molar-refractivity contribution in [3.8, 4) is 0 Å². The van der Waals surface area contributed by atoms with Crippen molar-refractivity contribution in [2.45, 2.75) is 48.8 Å². The minimum atomic E-state index is -0.950. The first kappa shape index (κ1) is 18.0. The molecule has 3 aliphatic rings. The van der Waals surface area contributed by atoms with E-state index in [1.807, 2.05) is 24.3 Å². The van der Waals surface area contributed by atoms with Crippen LogP contribution in [0.5, 0.6) is 0 Å². The molecular weight excluding hydrogens is 374 g/mol. The molecule has 0 saturated heterocycles. The van der Waals surface area contributed by atoms with E-state index >= 15 is 0 Å². The molecule has 2 aromatic rings. The van der Waals surface area contributed by atoms with Crippen LogP contribution >= 0.6 is 11.8 Å². The predicted molar refractivity (Wildman–Crippen MR) is 111 cm³/mol. The number of carbonyl (C=O) groups is 1. The molecule has 28 heavy (non-hydrogen) atoms. The van der Waals surface area contributed by atoms with E-state index in [0.717, 1.165) is 29.3 Å². The number of nitrogens with zero attached hydrogens (tertiary/aromatic N) is 1. The average Bonchev–Trinajstić information content (AvgIpc) is 3.41. The van der Waals surface area contributed by atoms with Gasteiger partial charge in [-0.05, 0) is 30.7 Å². The van der Waals surface area contributed by atoms with Crippen molar-refractivity contribution in [3.63, 3.8) is 0 Å². The van der Waals surface area contributed by atoms with Crippen LogP contribution in [-0.2, 0) is 4.79 Å². The molecule has 146 valence electrons. The zero-order chi connectivity index (χ0) is 19.3. The summed E-state index contributed by atoms with van der Waals surface area (Å²) in [7, 11) is 0. The first-order valence-electron chi connectivity index (χ1n) is 9.76. The number of nitrogens with one attached hydrogen (secondary N) is 2. The van der Waals surface area contributed by atoms with E-state index in [1.165, 1.54) is 11.8 Å². The monoisotopic (exact) mass is 397 g/mol. The molecule has 2 aromatic carbocycles. The maximum atomic E-state index is 12.7. The van der Waals surface area contributed by atoms with Crippen LogP contribution in [0.3, 0.4) is 0 Å². The van der Waals surface area contributed by atoms with Gasteiger partial charge in [0.2, 0.25) is 5.91 Å². The highest BCUT2D eigenvalue weighted by Gasteiger charge is 2.50. The second-order valence-corrected chi connectivity index (χ2v) is 9.01. The normalized spacial score (nSPS) is 31.9. The average molecular weight is 398 g/mol. The number of hydrogen-bond acceptors (Lipinski definition) is 6. The van der Waals surface area contributed by atoms with Gasteiger partial charge in [-0.3, -0.25) is 9.79 Å². The number of rotatable bonds is 3. The number of fused-ring (bicyclic) bond motifs is 2. The predicted octanol–water partition coefficient (Wildman–Crippen LogP) is 2.11. The van der Waals surface area contributed by atoms with E-state index < -0.39 is 18.2 Å². The summed E-state index contributed by atoms with van der Waals surface area (Å²) in [6.45, 7) is 0. The number of aliphatic hydroxyl groups is 2. The number of aliphatic imine (C=N–C) groups is 1. The van der Waals surface area contributed by atoms with Crippen LogP contribution in [0.25, 0.3) is 10.8 Å². The third-order valence-corrected chi connectivity index (χ3v) is 7.09. The van der Waals surface area contributed by atoms with E-state index in [4.69, 9.17) is 0 Å². The van der Waals surface area contributed by atoms with Crippen molar-refractivity contribution < 1.29 is 15.0 Å². The van der Waals surface area contributed by atoms with Crippen molar-refractivity contribution in [1.29, 1.82) is 0 Å². The van der Waals surface area contributed by atoms with Crippen LogP contribution in [0.1, 0.15) is 19.3 Å². The first-order chi connectivity index (χ1) is 13.6. The van der Waals surface area contributed by atoms with E-state index in [0.29, 0.717) is 5.17 Å². The van der Waals surface area contributed by atoms with E-state index in [2.05, 4.69) is 33.8 Å². The fourth-order valence-corrected chi connectivity index (χ4v) is 5.46. The van der Waals surface area contributed by atoms with E-state index in [1.54, 1.807) is 0 Å². The molecule has 1 amide bonds. The zero-order valence-corrected chi connectivity index (χ0v) is 16.1. The van der Waals surface area contributed by atoms with Gasteiger partial charge in [0.05, 0.1) is 18.1 Å². The highest BCUT2D eigenvalue weighted by atomic mass is 32.2. The van der Waals surface area contributed by atoms with Gasteiger partial charge in [-0.25, -0.2) is 0 Å². The molecule has 0 bridgehead atoms. The third-order valence-electron chi connectivity index (χ3n) is 5.78. The number of aliphatic hydroxyl groups excluding tert-OH is 2. The minimum absolute atomic E-state index is 0.0300. The molecule has 1 heterocycles. The van der Waals surface area contributed by atoms with Crippen molar-refractivity contribution in [3.05, 3.63) is 42.5 Å². The number of hydrogen-bond donors (Lipinski definition) is 4. The smallest absolute Gasteiger partial charge is 0.224 e. The Kier molecular flexibility index (Phi) is 4.53. The summed E-state index contributed by atoms with van der Waals surface area (Å²) in [5, 5.41) is 29.9. The van der Waals surface area contributed by atoms with Crippen molar-refractivity contribution in [2.24, 2.45) is 10.9 Å². The molecule has 2 aliphatic carbocycles. The summed E-state index contributed by atoms with van der Waals surface area (Å²) in [6.07, 6.45) is 0.432. The Hall–Kier alpha value is -2.09. The molecule has 4 N–H and O–H groups in total. The molecular formula is C21H23N3O3S. The van der Waals surface area contributed by atoms with Crippen molar-refractivity contribution >= 4 is 39.3 Å². The summed E-state index contributed by atoms with van der Waals surface area (Å²) in [5.74, 6) is -0.387. The van der Waals surface area contributed by atoms with Gasteiger partial charge < -0.3 is 20.8 Å². The van der Waals surface area contributed by atoms with Gasteiger partial charge >= 0.3 is 0 Å². The van der Waals surface area contributed by atoms with E-state index in [-0.39, 0.29) is 29.5 Å². The summed E-state index contributed by atoms with van der Waals surface area (Å²) < 4.78 is 0. The minimum Gasteiger partial charge on any atom is -0.390 e. The molecule has 0 radical (unpaired) electrons. The van der Waals surface area contributed by atoms with Gasteiger partial charge in [0.1, 0.15) is 6.10 Å². The van der Waals surface area contributed by atoms with Crippen LogP contribution in [0.2, 0.25) is 0 Å². The SMILES string of the molecule is O=C(NC1CC1)C1CC(O)C(O)C2N=C(Nc3cccc4ccccc34)SC12.